The van der Waals surface area contributed by atoms with Crippen LogP contribution in [0.2, 0.25) is 0 Å². The summed E-state index contributed by atoms with van der Waals surface area (Å²) in [5, 5.41) is 6.60. The van der Waals surface area contributed by atoms with Gasteiger partial charge >= 0.3 is 0 Å². The van der Waals surface area contributed by atoms with E-state index in [0.717, 1.165) is 26.1 Å². The van der Waals surface area contributed by atoms with Crippen LogP contribution in [0.1, 0.15) is 51.4 Å². The number of amides is 1. The van der Waals surface area contributed by atoms with Crippen molar-refractivity contribution in [2.45, 2.75) is 56.9 Å². The molecule has 0 radical (unpaired) electrons. The molecule has 2 rings (SSSR count). The van der Waals surface area contributed by atoms with Crippen molar-refractivity contribution in [2.75, 3.05) is 33.7 Å². The molecule has 1 unspecified atom stereocenters. The van der Waals surface area contributed by atoms with Crippen LogP contribution in [0.15, 0.2) is 0 Å². The minimum atomic E-state index is 0.210. The number of carbonyl (C=O) groups is 1. The molecule has 2 fully saturated rings. The molecule has 0 aromatic rings. The molecule has 1 atom stereocenters. The fourth-order valence-corrected chi connectivity index (χ4v) is 3.67. The molecule has 1 aliphatic heterocycles. The highest BCUT2D eigenvalue weighted by atomic mass is 16.1. The van der Waals surface area contributed by atoms with Gasteiger partial charge < -0.3 is 15.5 Å². The molecule has 0 bridgehead atoms. The fraction of sp³-hybridized carbons (Fsp3) is 0.938. The molecule has 4 nitrogen and oxygen atoms in total. The van der Waals surface area contributed by atoms with Gasteiger partial charge in [-0.1, -0.05) is 12.8 Å². The molecule has 2 N–H and O–H groups in total. The zero-order chi connectivity index (χ0) is 14.4. The predicted octanol–water partition coefficient (Wildman–Crippen LogP) is 1.76. The maximum Gasteiger partial charge on any atom is 0.220 e. The van der Waals surface area contributed by atoms with Crippen LogP contribution >= 0.6 is 0 Å². The lowest BCUT2D eigenvalue weighted by Crippen LogP contribution is -2.50. The molecule has 1 saturated heterocycles. The highest BCUT2D eigenvalue weighted by Crippen LogP contribution is 2.33. The second-order valence-corrected chi connectivity index (χ2v) is 6.85. The van der Waals surface area contributed by atoms with Crippen molar-refractivity contribution >= 4 is 5.91 Å². The lowest BCUT2D eigenvalue weighted by molar-refractivity contribution is -0.122. The zero-order valence-electron chi connectivity index (χ0n) is 13.2. The highest BCUT2D eigenvalue weighted by Gasteiger charge is 2.36. The number of likely N-dealkylation sites (N-methyl/N-ethyl adjacent to an activating group) is 1. The monoisotopic (exact) mass is 281 g/mol. The predicted molar refractivity (Wildman–Crippen MR) is 82.7 cm³/mol. The molecule has 116 valence electrons. The topological polar surface area (TPSA) is 44.4 Å². The Labute approximate surface area is 123 Å². The summed E-state index contributed by atoms with van der Waals surface area (Å²) >= 11 is 0. The summed E-state index contributed by atoms with van der Waals surface area (Å²) in [6.07, 6.45) is 9.28. The number of carbonyl (C=O) groups excluding carboxylic acids is 1. The standard InChI is InChI=1S/C16H31N3O/c1-19(2)16(9-3-4-10-16)13-18-15(20)8-7-14-6-5-11-17-12-14/h14,17H,3-13H2,1-2H3,(H,18,20). The van der Waals surface area contributed by atoms with Crippen LogP contribution in [0.4, 0.5) is 0 Å². The van der Waals surface area contributed by atoms with Crippen molar-refractivity contribution in [1.29, 1.82) is 0 Å². The van der Waals surface area contributed by atoms with Crippen molar-refractivity contribution in [3.05, 3.63) is 0 Å². The maximum atomic E-state index is 12.1. The Hall–Kier alpha value is -0.610. The highest BCUT2D eigenvalue weighted by molar-refractivity contribution is 5.75. The van der Waals surface area contributed by atoms with Gasteiger partial charge in [0.2, 0.25) is 5.91 Å². The van der Waals surface area contributed by atoms with E-state index in [9.17, 15) is 4.79 Å². The third-order valence-corrected chi connectivity index (χ3v) is 5.28. The number of hydrogen-bond donors (Lipinski definition) is 2. The molecular weight excluding hydrogens is 250 g/mol. The second kappa shape index (κ2) is 7.41. The largest absolute Gasteiger partial charge is 0.354 e. The van der Waals surface area contributed by atoms with Crippen molar-refractivity contribution < 1.29 is 4.79 Å². The van der Waals surface area contributed by atoms with Crippen molar-refractivity contribution in [3.63, 3.8) is 0 Å². The molecule has 0 spiro atoms. The minimum Gasteiger partial charge on any atom is -0.354 e. The lowest BCUT2D eigenvalue weighted by Gasteiger charge is -2.36. The lowest BCUT2D eigenvalue weighted by atomic mass is 9.94. The van der Waals surface area contributed by atoms with Crippen LogP contribution in [-0.4, -0.2) is 50.1 Å². The summed E-state index contributed by atoms with van der Waals surface area (Å²) in [6.45, 7) is 3.06. The molecule has 1 saturated carbocycles. The molecule has 1 heterocycles. The van der Waals surface area contributed by atoms with Crippen molar-refractivity contribution in [3.8, 4) is 0 Å². The first-order valence-corrected chi connectivity index (χ1v) is 8.27. The first-order valence-electron chi connectivity index (χ1n) is 8.27. The van der Waals surface area contributed by atoms with Gasteiger partial charge in [0.1, 0.15) is 0 Å². The molecular formula is C16H31N3O. The number of nitrogens with zero attached hydrogens (tertiary/aromatic N) is 1. The van der Waals surface area contributed by atoms with E-state index in [1.165, 1.54) is 38.5 Å². The summed E-state index contributed by atoms with van der Waals surface area (Å²) in [4.78, 5) is 14.4. The normalized spacial score (nSPS) is 25.9. The van der Waals surface area contributed by atoms with Crippen LogP contribution in [0.5, 0.6) is 0 Å². The Morgan fingerprint density at radius 3 is 2.65 bits per heavy atom. The Balaban J connectivity index is 1.68. The second-order valence-electron chi connectivity index (χ2n) is 6.85. The smallest absolute Gasteiger partial charge is 0.220 e. The van der Waals surface area contributed by atoms with E-state index in [2.05, 4.69) is 29.6 Å². The summed E-state index contributed by atoms with van der Waals surface area (Å²) in [7, 11) is 4.29. The first-order chi connectivity index (χ1) is 9.62. The average Bonchev–Trinajstić information content (AvgIpc) is 2.94. The van der Waals surface area contributed by atoms with Crippen LogP contribution < -0.4 is 10.6 Å². The van der Waals surface area contributed by atoms with E-state index in [1.54, 1.807) is 0 Å². The number of nitrogens with one attached hydrogen (secondary N) is 2. The first kappa shape index (κ1) is 15.8. The number of piperidine rings is 1. The third kappa shape index (κ3) is 4.19. The SMILES string of the molecule is CN(C)C1(CNC(=O)CCC2CCCNC2)CCCC1. The van der Waals surface area contributed by atoms with E-state index in [0.29, 0.717) is 12.3 Å². The quantitative estimate of drug-likeness (QED) is 0.780. The van der Waals surface area contributed by atoms with Gasteiger partial charge in [-0.25, -0.2) is 0 Å². The van der Waals surface area contributed by atoms with Crippen LogP contribution in [0.3, 0.4) is 0 Å². The Morgan fingerprint density at radius 1 is 1.30 bits per heavy atom. The summed E-state index contributed by atoms with van der Waals surface area (Å²) in [5.41, 5.74) is 0.210. The minimum absolute atomic E-state index is 0.210. The number of hydrogen-bond acceptors (Lipinski definition) is 3. The van der Waals surface area contributed by atoms with Gasteiger partial charge in [-0.3, -0.25) is 4.79 Å². The molecule has 1 amide bonds. The van der Waals surface area contributed by atoms with Gasteiger partial charge in [0, 0.05) is 18.5 Å². The van der Waals surface area contributed by atoms with E-state index >= 15 is 0 Å². The Bertz CT molecular complexity index is 305. The van der Waals surface area contributed by atoms with E-state index < -0.39 is 0 Å². The molecule has 20 heavy (non-hydrogen) atoms. The Kier molecular flexibility index (Phi) is 5.85. The van der Waals surface area contributed by atoms with Gasteiger partial charge in [0.15, 0.2) is 0 Å². The summed E-state index contributed by atoms with van der Waals surface area (Å²) in [6, 6.07) is 0. The summed E-state index contributed by atoms with van der Waals surface area (Å²) < 4.78 is 0. The molecule has 4 heteroatoms. The van der Waals surface area contributed by atoms with E-state index in [1.807, 2.05) is 0 Å². The van der Waals surface area contributed by atoms with E-state index in [-0.39, 0.29) is 11.4 Å². The number of rotatable bonds is 6. The molecule has 1 aliphatic carbocycles. The fourth-order valence-electron chi connectivity index (χ4n) is 3.67. The van der Waals surface area contributed by atoms with Crippen LogP contribution in [-0.2, 0) is 4.79 Å². The average molecular weight is 281 g/mol. The third-order valence-electron chi connectivity index (χ3n) is 5.28. The van der Waals surface area contributed by atoms with Crippen LogP contribution in [0, 0.1) is 5.92 Å². The van der Waals surface area contributed by atoms with Crippen LogP contribution in [0.25, 0.3) is 0 Å². The van der Waals surface area contributed by atoms with Gasteiger partial charge in [-0.15, -0.1) is 0 Å². The van der Waals surface area contributed by atoms with Gasteiger partial charge in [0.25, 0.3) is 0 Å². The van der Waals surface area contributed by atoms with Crippen molar-refractivity contribution in [2.24, 2.45) is 5.92 Å². The molecule has 0 aromatic heterocycles. The molecule has 0 aromatic carbocycles. The maximum absolute atomic E-state index is 12.1. The zero-order valence-corrected chi connectivity index (χ0v) is 13.2. The van der Waals surface area contributed by atoms with Gasteiger partial charge in [-0.2, -0.15) is 0 Å². The molecule has 2 aliphatic rings. The summed E-state index contributed by atoms with van der Waals surface area (Å²) in [5.74, 6) is 0.937. The van der Waals surface area contributed by atoms with Gasteiger partial charge in [-0.05, 0) is 65.2 Å². The van der Waals surface area contributed by atoms with Crippen molar-refractivity contribution in [1.82, 2.24) is 15.5 Å². The van der Waals surface area contributed by atoms with Gasteiger partial charge in [0.05, 0.1) is 0 Å². The van der Waals surface area contributed by atoms with E-state index in [4.69, 9.17) is 0 Å². The Morgan fingerprint density at radius 2 is 2.05 bits per heavy atom.